The summed E-state index contributed by atoms with van der Waals surface area (Å²) >= 11 is 1.30. The van der Waals surface area contributed by atoms with Gasteiger partial charge in [-0.1, -0.05) is 0 Å². The second-order valence-electron chi connectivity index (χ2n) is 7.86. The van der Waals surface area contributed by atoms with Gasteiger partial charge in [-0.25, -0.2) is 14.8 Å². The second kappa shape index (κ2) is 10.1. The summed E-state index contributed by atoms with van der Waals surface area (Å²) in [5, 5.41) is 5.06. The van der Waals surface area contributed by atoms with Crippen molar-refractivity contribution in [2.75, 3.05) is 36.5 Å². The average Bonchev–Trinajstić information content (AvgIpc) is 3.58. The first-order valence-electron chi connectivity index (χ1n) is 10.8. The number of nitrogens with zero attached hydrogens (tertiary/aromatic N) is 3. The van der Waals surface area contributed by atoms with Crippen LogP contribution in [-0.2, 0) is 19.1 Å². The van der Waals surface area contributed by atoms with E-state index in [-0.39, 0.29) is 25.1 Å². The molecule has 32 heavy (non-hydrogen) atoms. The van der Waals surface area contributed by atoms with Gasteiger partial charge in [0.05, 0.1) is 18.1 Å². The Hall–Kier alpha value is -3.01. The molecule has 4 rings (SSSR count). The quantitative estimate of drug-likeness (QED) is 0.601. The second-order valence-corrected chi connectivity index (χ2v) is 8.74. The molecule has 2 aliphatic rings. The molecule has 2 fully saturated rings. The lowest BCUT2D eigenvalue weighted by Gasteiger charge is -2.30. The summed E-state index contributed by atoms with van der Waals surface area (Å²) in [7, 11) is 0. The first-order valence-corrected chi connectivity index (χ1v) is 11.7. The van der Waals surface area contributed by atoms with Crippen molar-refractivity contribution in [2.45, 2.75) is 38.5 Å². The minimum absolute atomic E-state index is 0.263. The Morgan fingerprint density at radius 1 is 1.12 bits per heavy atom. The van der Waals surface area contributed by atoms with E-state index in [0.29, 0.717) is 48.4 Å². The number of rotatable bonds is 8. The lowest BCUT2D eigenvalue weighted by Crippen LogP contribution is -2.38. The van der Waals surface area contributed by atoms with Gasteiger partial charge in [0.25, 0.3) is 5.91 Å². The van der Waals surface area contributed by atoms with Gasteiger partial charge in [-0.3, -0.25) is 9.59 Å². The van der Waals surface area contributed by atoms with Crippen molar-refractivity contribution in [3.8, 4) is 0 Å². The van der Waals surface area contributed by atoms with Crippen LogP contribution in [0.25, 0.3) is 0 Å². The van der Waals surface area contributed by atoms with Crippen LogP contribution in [-0.4, -0.2) is 54.1 Å². The maximum absolute atomic E-state index is 12.4. The number of nitrogens with one attached hydrogen (secondary N) is 1. The largest absolute Gasteiger partial charge is 0.462 e. The Kier molecular flexibility index (Phi) is 6.99. The highest BCUT2D eigenvalue weighted by atomic mass is 32.1. The number of hydrogen-bond donors (Lipinski definition) is 1. The summed E-state index contributed by atoms with van der Waals surface area (Å²) in [5.74, 6) is -0.551. The van der Waals surface area contributed by atoms with E-state index in [1.54, 1.807) is 25.4 Å². The summed E-state index contributed by atoms with van der Waals surface area (Å²) in [4.78, 5) is 47.7. The topological polar surface area (TPSA) is 111 Å². The van der Waals surface area contributed by atoms with E-state index >= 15 is 0 Å². The molecule has 0 bridgehead atoms. The van der Waals surface area contributed by atoms with E-state index in [1.807, 2.05) is 10.3 Å². The minimum Gasteiger partial charge on any atom is -0.462 e. The molecule has 1 aliphatic heterocycles. The van der Waals surface area contributed by atoms with Gasteiger partial charge in [0, 0.05) is 25.5 Å². The van der Waals surface area contributed by atoms with Gasteiger partial charge >= 0.3 is 11.9 Å². The van der Waals surface area contributed by atoms with E-state index in [2.05, 4.69) is 15.3 Å². The molecule has 1 saturated carbocycles. The molecule has 1 amide bonds. The van der Waals surface area contributed by atoms with Crippen molar-refractivity contribution in [1.29, 1.82) is 0 Å². The summed E-state index contributed by atoms with van der Waals surface area (Å²) in [6, 6.07) is 1.76. The van der Waals surface area contributed by atoms with Crippen molar-refractivity contribution in [1.82, 2.24) is 9.97 Å². The predicted octanol–water partition coefficient (Wildman–Crippen LogP) is 2.99. The predicted molar refractivity (Wildman–Crippen MR) is 119 cm³/mol. The molecular weight excluding hydrogens is 432 g/mol. The molecular formula is C22H26N4O5S. The molecule has 1 N–H and O–H groups in total. The highest BCUT2D eigenvalue weighted by Gasteiger charge is 2.33. The third kappa shape index (κ3) is 5.24. The molecule has 0 atom stereocenters. The average molecular weight is 459 g/mol. The Bertz CT molecular complexity index is 968. The van der Waals surface area contributed by atoms with Crippen molar-refractivity contribution in [3.05, 3.63) is 35.0 Å². The summed E-state index contributed by atoms with van der Waals surface area (Å²) in [5.41, 5.74) is 1.35. The zero-order valence-electron chi connectivity index (χ0n) is 17.9. The number of aromatic nitrogens is 2. The Morgan fingerprint density at radius 3 is 2.50 bits per heavy atom. The van der Waals surface area contributed by atoms with E-state index < -0.39 is 11.9 Å². The molecule has 0 radical (unpaired) electrons. The molecule has 2 aromatic rings. The number of carbonyl (C=O) groups excluding carboxylic acids is 3. The Labute approximate surface area is 190 Å². The fraction of sp³-hybridized carbons (Fsp3) is 0.500. The van der Waals surface area contributed by atoms with Crippen LogP contribution in [0.3, 0.4) is 0 Å². The highest BCUT2D eigenvalue weighted by Crippen LogP contribution is 2.46. The van der Waals surface area contributed by atoms with Gasteiger partial charge in [0.1, 0.15) is 5.00 Å². The first kappa shape index (κ1) is 22.2. The standard InChI is InChI=1S/C22H26N4O5S/c1-2-30-21(29)18-16(14-4-5-14)13-32-19(18)25-17(27)12-31-20(28)15-6-10-26(11-7-15)22-23-8-3-9-24-22/h3,8-9,13-15H,2,4-7,10-12H2,1H3,(H,25,27). The van der Waals surface area contributed by atoms with Crippen LogP contribution < -0.4 is 10.2 Å². The number of piperidine rings is 1. The zero-order valence-corrected chi connectivity index (χ0v) is 18.7. The smallest absolute Gasteiger partial charge is 0.341 e. The van der Waals surface area contributed by atoms with Crippen LogP contribution >= 0.6 is 11.3 Å². The number of anilines is 2. The fourth-order valence-electron chi connectivity index (χ4n) is 3.76. The van der Waals surface area contributed by atoms with Crippen LogP contribution in [0.5, 0.6) is 0 Å². The number of hydrogen-bond acceptors (Lipinski definition) is 9. The summed E-state index contributed by atoms with van der Waals surface area (Å²) < 4.78 is 10.4. The molecule has 0 unspecified atom stereocenters. The molecule has 0 aromatic carbocycles. The normalized spacial score (nSPS) is 16.5. The van der Waals surface area contributed by atoms with Gasteiger partial charge in [-0.05, 0) is 55.5 Å². The monoisotopic (exact) mass is 458 g/mol. The van der Waals surface area contributed by atoms with Crippen molar-refractivity contribution in [2.24, 2.45) is 5.92 Å². The van der Waals surface area contributed by atoms with Crippen molar-refractivity contribution >= 4 is 40.1 Å². The van der Waals surface area contributed by atoms with Gasteiger partial charge in [0.15, 0.2) is 6.61 Å². The number of carbonyl (C=O) groups is 3. The van der Waals surface area contributed by atoms with Crippen LogP contribution in [0.2, 0.25) is 0 Å². The number of ether oxygens (including phenoxy) is 2. The molecule has 170 valence electrons. The zero-order chi connectivity index (χ0) is 22.5. The molecule has 10 heteroatoms. The number of thiophene rings is 1. The van der Waals surface area contributed by atoms with Crippen LogP contribution in [0.15, 0.2) is 23.8 Å². The molecule has 2 aromatic heterocycles. The molecule has 1 aliphatic carbocycles. The van der Waals surface area contributed by atoms with Crippen LogP contribution in [0.4, 0.5) is 10.9 Å². The minimum atomic E-state index is -0.469. The first-order chi connectivity index (χ1) is 15.6. The number of esters is 2. The molecule has 9 nitrogen and oxygen atoms in total. The Morgan fingerprint density at radius 2 is 1.84 bits per heavy atom. The number of amides is 1. The van der Waals surface area contributed by atoms with E-state index in [9.17, 15) is 14.4 Å². The molecule has 3 heterocycles. The van der Waals surface area contributed by atoms with E-state index in [4.69, 9.17) is 9.47 Å². The maximum Gasteiger partial charge on any atom is 0.341 e. The third-order valence-corrected chi connectivity index (χ3v) is 6.49. The Balaban J connectivity index is 1.27. The molecule has 1 saturated heterocycles. The van der Waals surface area contributed by atoms with Gasteiger partial charge in [-0.2, -0.15) is 0 Å². The lowest BCUT2D eigenvalue weighted by molar-refractivity contribution is -0.152. The van der Waals surface area contributed by atoms with E-state index in [1.165, 1.54) is 11.3 Å². The lowest BCUT2D eigenvalue weighted by atomic mass is 9.97. The van der Waals surface area contributed by atoms with E-state index in [0.717, 1.165) is 18.4 Å². The highest BCUT2D eigenvalue weighted by molar-refractivity contribution is 7.15. The third-order valence-electron chi connectivity index (χ3n) is 5.58. The molecule has 0 spiro atoms. The maximum atomic E-state index is 12.4. The van der Waals surface area contributed by atoms with Gasteiger partial charge in [0.2, 0.25) is 5.95 Å². The summed E-state index contributed by atoms with van der Waals surface area (Å²) in [6.45, 7) is 2.92. The van der Waals surface area contributed by atoms with Crippen LogP contribution in [0, 0.1) is 5.92 Å². The SMILES string of the molecule is CCOC(=O)c1c(C2CC2)csc1NC(=O)COC(=O)C1CCN(c2ncccn2)CC1. The van der Waals surface area contributed by atoms with Crippen LogP contribution in [0.1, 0.15) is 54.4 Å². The van der Waals surface area contributed by atoms with Gasteiger partial charge in [-0.15, -0.1) is 11.3 Å². The fourth-order valence-corrected chi connectivity index (χ4v) is 4.81. The van der Waals surface area contributed by atoms with Gasteiger partial charge < -0.3 is 19.7 Å². The van der Waals surface area contributed by atoms with Crippen molar-refractivity contribution < 1.29 is 23.9 Å². The van der Waals surface area contributed by atoms with Crippen molar-refractivity contribution in [3.63, 3.8) is 0 Å². The summed E-state index contributed by atoms with van der Waals surface area (Å²) in [6.07, 6.45) is 6.67.